The molecule has 0 saturated carbocycles. The predicted octanol–water partition coefficient (Wildman–Crippen LogP) is 15.9. The highest BCUT2D eigenvalue weighted by Gasteiger charge is 2.44. The molecule has 7 unspecified atom stereocenters. The van der Waals surface area contributed by atoms with Gasteiger partial charge in [-0.25, -0.2) is 0 Å². The molecule has 0 aromatic rings. The van der Waals surface area contributed by atoms with E-state index >= 15 is 0 Å². The van der Waals surface area contributed by atoms with Gasteiger partial charge in [0, 0.05) is 6.42 Å². The number of hydrogen-bond acceptors (Lipinski definition) is 8. The van der Waals surface area contributed by atoms with Gasteiger partial charge in [0.25, 0.3) is 0 Å². The number of allylic oxidation sites excluding steroid dienone is 5. The largest absolute Gasteiger partial charge is 0.394 e. The van der Waals surface area contributed by atoms with Crippen LogP contribution in [-0.2, 0) is 14.3 Å². The van der Waals surface area contributed by atoms with E-state index in [1.54, 1.807) is 6.08 Å². The maximum Gasteiger partial charge on any atom is 0.220 e. The lowest BCUT2D eigenvalue weighted by Crippen LogP contribution is -2.60. The second-order valence-electron chi connectivity index (χ2n) is 21.8. The lowest BCUT2D eigenvalue weighted by molar-refractivity contribution is -0.302. The molecule has 0 aromatic carbocycles. The number of aliphatic hydroxyl groups is 5. The molecule has 1 saturated heterocycles. The summed E-state index contributed by atoms with van der Waals surface area (Å²) in [6.07, 6.45) is 62.4. The molecule has 9 heteroatoms. The normalized spacial score (nSPS) is 19.3. The fraction of sp³-hybridized carbons (Fsp3) is 0.889. The Kier molecular flexibility index (Phi) is 50.2. The van der Waals surface area contributed by atoms with Gasteiger partial charge in [0.1, 0.15) is 24.4 Å². The third-order valence-electron chi connectivity index (χ3n) is 14.9. The molecule has 0 aliphatic carbocycles. The van der Waals surface area contributed by atoms with E-state index in [1.165, 1.54) is 244 Å². The molecule has 0 radical (unpaired) electrons. The van der Waals surface area contributed by atoms with Gasteiger partial charge in [-0.2, -0.15) is 0 Å². The van der Waals surface area contributed by atoms with Crippen LogP contribution in [0.4, 0.5) is 0 Å². The van der Waals surface area contributed by atoms with Gasteiger partial charge in [-0.15, -0.1) is 0 Å². The highest BCUT2D eigenvalue weighted by molar-refractivity contribution is 5.76. The lowest BCUT2D eigenvalue weighted by Gasteiger charge is -2.40. The first-order valence-corrected chi connectivity index (χ1v) is 31.2. The van der Waals surface area contributed by atoms with Gasteiger partial charge in [-0.3, -0.25) is 4.79 Å². The Morgan fingerprint density at radius 1 is 0.458 bits per heavy atom. The van der Waals surface area contributed by atoms with E-state index in [2.05, 4.69) is 43.5 Å². The van der Waals surface area contributed by atoms with E-state index in [-0.39, 0.29) is 12.5 Å². The van der Waals surface area contributed by atoms with E-state index in [1.807, 2.05) is 6.08 Å². The molecule has 6 N–H and O–H groups in total. The summed E-state index contributed by atoms with van der Waals surface area (Å²) in [6.45, 7) is 3.79. The number of carbonyl (C=O) groups excluding carboxylic acids is 1. The molecular formula is C63H119NO8. The Labute approximate surface area is 444 Å². The van der Waals surface area contributed by atoms with Crippen molar-refractivity contribution in [2.24, 2.45) is 0 Å². The van der Waals surface area contributed by atoms with Crippen molar-refractivity contribution < 1.29 is 39.8 Å². The SMILES string of the molecule is CCCCCCCCCCCC/C=C/CC/C=C/C(O)C(COC1OC(CO)C(O)C(O)C1O)NC(=O)CCCCCCCCCCCCCCCCCCC/C=C\CCCCCCCCCCCCCC. The number of aliphatic hydroxyl groups excluding tert-OH is 5. The predicted molar refractivity (Wildman–Crippen MR) is 304 cm³/mol. The first-order valence-electron chi connectivity index (χ1n) is 31.2. The summed E-state index contributed by atoms with van der Waals surface area (Å²) in [5.74, 6) is -0.182. The molecular weight excluding hydrogens is 899 g/mol. The van der Waals surface area contributed by atoms with Crippen molar-refractivity contribution in [3.05, 3.63) is 36.5 Å². The number of amides is 1. The summed E-state index contributed by atoms with van der Waals surface area (Å²) < 4.78 is 11.3. The zero-order chi connectivity index (χ0) is 52.2. The minimum Gasteiger partial charge on any atom is -0.394 e. The molecule has 72 heavy (non-hydrogen) atoms. The average Bonchev–Trinajstić information content (AvgIpc) is 3.38. The molecule has 1 amide bonds. The maximum absolute atomic E-state index is 13.1. The number of carbonyl (C=O) groups is 1. The molecule has 9 nitrogen and oxygen atoms in total. The zero-order valence-corrected chi connectivity index (χ0v) is 47.2. The smallest absolute Gasteiger partial charge is 0.220 e. The minimum atomic E-state index is -1.57. The standard InChI is InChI=1S/C63H119NO8/c1-3-5-7-9-11-13-15-17-19-21-22-23-24-25-26-27-28-29-30-31-32-33-34-35-36-37-39-41-43-45-47-49-51-53-59(67)64-56(55-71-63-62(70)61(69)60(68)58(54-65)72-63)57(66)52-50-48-46-44-42-40-38-20-18-16-14-12-10-8-6-4-2/h25-26,42,44,50,52,56-58,60-63,65-66,68-70H,3-24,27-41,43,45-49,51,53-55H2,1-2H3,(H,64,67)/b26-25-,44-42+,52-50+. The van der Waals surface area contributed by atoms with E-state index in [4.69, 9.17) is 9.47 Å². The van der Waals surface area contributed by atoms with Crippen molar-refractivity contribution in [3.8, 4) is 0 Å². The number of rotatable bonds is 54. The molecule has 1 aliphatic heterocycles. The first kappa shape index (κ1) is 68.4. The summed E-state index contributed by atoms with van der Waals surface area (Å²) in [5, 5.41) is 54.5. The van der Waals surface area contributed by atoms with Gasteiger partial charge in [0.05, 0.1) is 25.4 Å². The van der Waals surface area contributed by atoms with Crippen LogP contribution in [-0.4, -0.2) is 87.5 Å². The number of nitrogens with one attached hydrogen (secondary N) is 1. The lowest BCUT2D eigenvalue weighted by atomic mass is 9.99. The van der Waals surface area contributed by atoms with E-state index in [9.17, 15) is 30.3 Å². The molecule has 424 valence electrons. The van der Waals surface area contributed by atoms with Crippen molar-refractivity contribution >= 4 is 5.91 Å². The Bertz CT molecular complexity index is 1230. The van der Waals surface area contributed by atoms with Gasteiger partial charge in [0.2, 0.25) is 5.91 Å². The fourth-order valence-electron chi connectivity index (χ4n) is 9.99. The first-order chi connectivity index (χ1) is 35.3. The van der Waals surface area contributed by atoms with Crippen LogP contribution in [0.2, 0.25) is 0 Å². The van der Waals surface area contributed by atoms with Gasteiger partial charge in [-0.05, 0) is 57.8 Å². The molecule has 1 aliphatic rings. The highest BCUT2D eigenvalue weighted by Crippen LogP contribution is 2.23. The molecule has 0 aromatic heterocycles. The van der Waals surface area contributed by atoms with Crippen LogP contribution >= 0.6 is 0 Å². The third kappa shape index (κ3) is 41.6. The monoisotopic (exact) mass is 1020 g/mol. The maximum atomic E-state index is 13.1. The second kappa shape index (κ2) is 52.8. The van der Waals surface area contributed by atoms with Gasteiger partial charge in [-0.1, -0.05) is 275 Å². The molecule has 7 atom stereocenters. The van der Waals surface area contributed by atoms with Crippen LogP contribution in [0.1, 0.15) is 303 Å². The average molecular weight is 1020 g/mol. The van der Waals surface area contributed by atoms with Crippen LogP contribution in [0.5, 0.6) is 0 Å². The fourth-order valence-corrected chi connectivity index (χ4v) is 9.99. The Balaban J connectivity index is 2.12. The number of ether oxygens (including phenoxy) is 2. The molecule has 1 rings (SSSR count). The van der Waals surface area contributed by atoms with E-state index in [0.29, 0.717) is 6.42 Å². The van der Waals surface area contributed by atoms with E-state index in [0.717, 1.165) is 38.5 Å². The third-order valence-corrected chi connectivity index (χ3v) is 14.9. The van der Waals surface area contributed by atoms with Crippen molar-refractivity contribution in [1.82, 2.24) is 5.32 Å². The second-order valence-corrected chi connectivity index (χ2v) is 21.8. The Morgan fingerprint density at radius 2 is 0.792 bits per heavy atom. The quantitative estimate of drug-likeness (QED) is 0.0261. The van der Waals surface area contributed by atoms with Crippen LogP contribution in [0.25, 0.3) is 0 Å². The van der Waals surface area contributed by atoms with Crippen molar-refractivity contribution in [2.45, 2.75) is 346 Å². The Morgan fingerprint density at radius 3 is 1.17 bits per heavy atom. The van der Waals surface area contributed by atoms with Crippen molar-refractivity contribution in [3.63, 3.8) is 0 Å². The summed E-state index contributed by atoms with van der Waals surface area (Å²) in [7, 11) is 0. The summed E-state index contributed by atoms with van der Waals surface area (Å²) in [4.78, 5) is 13.1. The van der Waals surface area contributed by atoms with Crippen LogP contribution in [0.3, 0.4) is 0 Å². The molecule has 1 fully saturated rings. The topological polar surface area (TPSA) is 149 Å². The molecule has 0 spiro atoms. The highest BCUT2D eigenvalue weighted by atomic mass is 16.7. The van der Waals surface area contributed by atoms with Crippen molar-refractivity contribution in [2.75, 3.05) is 13.2 Å². The van der Waals surface area contributed by atoms with Crippen molar-refractivity contribution in [1.29, 1.82) is 0 Å². The van der Waals surface area contributed by atoms with Crippen LogP contribution in [0, 0.1) is 0 Å². The summed E-state index contributed by atoms with van der Waals surface area (Å²) in [5.41, 5.74) is 0. The number of unbranched alkanes of at least 4 members (excludes halogenated alkanes) is 40. The Hall–Kier alpha value is -1.59. The van der Waals surface area contributed by atoms with E-state index < -0.39 is 49.5 Å². The zero-order valence-electron chi connectivity index (χ0n) is 47.2. The van der Waals surface area contributed by atoms with Gasteiger partial charge >= 0.3 is 0 Å². The van der Waals surface area contributed by atoms with Gasteiger partial charge < -0.3 is 40.3 Å². The summed E-state index contributed by atoms with van der Waals surface area (Å²) >= 11 is 0. The van der Waals surface area contributed by atoms with Crippen LogP contribution in [0.15, 0.2) is 36.5 Å². The molecule has 0 bridgehead atoms. The van der Waals surface area contributed by atoms with Gasteiger partial charge in [0.15, 0.2) is 6.29 Å². The van der Waals surface area contributed by atoms with Crippen LogP contribution < -0.4 is 5.32 Å². The number of hydrogen-bond donors (Lipinski definition) is 6. The summed E-state index contributed by atoms with van der Waals surface area (Å²) in [6, 6.07) is -0.820. The minimum absolute atomic E-state index is 0.182. The molecule has 1 heterocycles.